The fourth-order valence-corrected chi connectivity index (χ4v) is 3.45. The van der Waals surface area contributed by atoms with Crippen molar-refractivity contribution in [1.82, 2.24) is 10.2 Å². The quantitative estimate of drug-likeness (QED) is 0.771. The molecule has 0 fully saturated rings. The van der Waals surface area contributed by atoms with Gasteiger partial charge in [-0.15, -0.1) is 11.3 Å². The molecule has 0 aliphatic heterocycles. The van der Waals surface area contributed by atoms with Crippen LogP contribution in [0.1, 0.15) is 16.0 Å². The van der Waals surface area contributed by atoms with Crippen LogP contribution in [0.4, 0.5) is 18.0 Å². The van der Waals surface area contributed by atoms with Gasteiger partial charge in [0.15, 0.2) is 0 Å². The van der Waals surface area contributed by atoms with Gasteiger partial charge < -0.3 is 10.2 Å². The second-order valence-electron chi connectivity index (χ2n) is 4.92. The summed E-state index contributed by atoms with van der Waals surface area (Å²) in [5, 5.41) is 2.62. The van der Waals surface area contributed by atoms with Crippen molar-refractivity contribution in [2.75, 3.05) is 7.05 Å². The van der Waals surface area contributed by atoms with Gasteiger partial charge in [-0.05, 0) is 45.8 Å². The molecule has 124 valence electrons. The van der Waals surface area contributed by atoms with Gasteiger partial charge in [-0.25, -0.2) is 4.79 Å². The lowest BCUT2D eigenvalue weighted by molar-refractivity contribution is -0.137. The van der Waals surface area contributed by atoms with Crippen LogP contribution in [0.15, 0.2) is 40.2 Å². The van der Waals surface area contributed by atoms with Crippen LogP contribution in [-0.2, 0) is 19.3 Å². The van der Waals surface area contributed by atoms with Gasteiger partial charge in [0.05, 0.1) is 15.9 Å². The van der Waals surface area contributed by atoms with E-state index < -0.39 is 11.7 Å². The summed E-state index contributed by atoms with van der Waals surface area (Å²) in [6.07, 6.45) is -4.39. The van der Waals surface area contributed by atoms with Crippen LogP contribution >= 0.6 is 27.3 Å². The predicted molar refractivity (Wildman–Crippen MR) is 87.2 cm³/mol. The fraction of sp³-hybridized carbons (Fsp3) is 0.267. The van der Waals surface area contributed by atoms with Gasteiger partial charge in [-0.1, -0.05) is 12.1 Å². The summed E-state index contributed by atoms with van der Waals surface area (Å²) in [5.41, 5.74) is -0.318. The number of alkyl halides is 3. The highest BCUT2D eigenvalue weighted by Crippen LogP contribution is 2.29. The van der Waals surface area contributed by atoms with Crippen LogP contribution in [0.2, 0.25) is 0 Å². The number of amides is 2. The number of benzene rings is 1. The van der Waals surface area contributed by atoms with Crippen molar-refractivity contribution >= 4 is 33.3 Å². The van der Waals surface area contributed by atoms with E-state index in [4.69, 9.17) is 0 Å². The summed E-state index contributed by atoms with van der Waals surface area (Å²) in [7, 11) is 1.63. The Hall–Kier alpha value is -1.54. The Kier molecular flexibility index (Phi) is 5.69. The molecular weight excluding hydrogens is 393 g/mol. The highest BCUT2D eigenvalue weighted by Gasteiger charge is 2.30. The van der Waals surface area contributed by atoms with Crippen molar-refractivity contribution in [2.45, 2.75) is 19.3 Å². The van der Waals surface area contributed by atoms with E-state index in [2.05, 4.69) is 21.2 Å². The van der Waals surface area contributed by atoms with Crippen molar-refractivity contribution in [2.24, 2.45) is 0 Å². The molecule has 0 saturated carbocycles. The third-order valence-electron chi connectivity index (χ3n) is 3.07. The maximum Gasteiger partial charge on any atom is 0.416 e. The minimum atomic E-state index is -4.39. The van der Waals surface area contributed by atoms with Crippen LogP contribution in [0, 0.1) is 0 Å². The zero-order valence-corrected chi connectivity index (χ0v) is 14.6. The summed E-state index contributed by atoms with van der Waals surface area (Å²) >= 11 is 4.87. The number of nitrogens with zero attached hydrogens (tertiary/aromatic N) is 1. The highest BCUT2D eigenvalue weighted by atomic mass is 79.9. The van der Waals surface area contributed by atoms with Gasteiger partial charge >= 0.3 is 12.2 Å². The van der Waals surface area contributed by atoms with E-state index in [0.29, 0.717) is 12.1 Å². The molecule has 2 amide bonds. The van der Waals surface area contributed by atoms with Gasteiger partial charge in [0, 0.05) is 18.5 Å². The third-order valence-corrected chi connectivity index (χ3v) is 4.68. The van der Waals surface area contributed by atoms with Gasteiger partial charge in [-0.3, -0.25) is 0 Å². The van der Waals surface area contributed by atoms with Crippen LogP contribution in [0.25, 0.3) is 0 Å². The molecule has 2 aromatic rings. The van der Waals surface area contributed by atoms with Crippen molar-refractivity contribution in [1.29, 1.82) is 0 Å². The molecule has 0 bridgehead atoms. The minimum absolute atomic E-state index is 0.0429. The number of urea groups is 1. The summed E-state index contributed by atoms with van der Waals surface area (Å²) in [4.78, 5) is 14.5. The van der Waals surface area contributed by atoms with Gasteiger partial charge in [0.25, 0.3) is 0 Å². The maximum atomic E-state index is 12.6. The van der Waals surface area contributed by atoms with E-state index in [1.54, 1.807) is 13.1 Å². The lowest BCUT2D eigenvalue weighted by Crippen LogP contribution is -2.36. The molecule has 0 unspecified atom stereocenters. The van der Waals surface area contributed by atoms with E-state index in [1.165, 1.54) is 22.3 Å². The number of carbonyl (C=O) groups excluding carboxylic acids is 1. The first-order valence-electron chi connectivity index (χ1n) is 6.65. The lowest BCUT2D eigenvalue weighted by Gasteiger charge is -2.17. The molecule has 2 rings (SSSR count). The Balaban J connectivity index is 1.91. The molecule has 0 aliphatic carbocycles. The first kappa shape index (κ1) is 17.8. The number of hydrogen-bond donors (Lipinski definition) is 1. The van der Waals surface area contributed by atoms with E-state index in [9.17, 15) is 18.0 Å². The van der Waals surface area contributed by atoms with Crippen LogP contribution in [0.3, 0.4) is 0 Å². The second-order valence-corrected chi connectivity index (χ2v) is 7.47. The van der Waals surface area contributed by atoms with E-state index in [0.717, 1.165) is 20.8 Å². The van der Waals surface area contributed by atoms with Crippen LogP contribution < -0.4 is 5.32 Å². The van der Waals surface area contributed by atoms with E-state index >= 15 is 0 Å². The normalized spacial score (nSPS) is 11.3. The number of hydrogen-bond acceptors (Lipinski definition) is 2. The number of nitrogens with one attached hydrogen (secondary N) is 1. The lowest BCUT2D eigenvalue weighted by atomic mass is 10.1. The number of halogens is 4. The Morgan fingerprint density at radius 1 is 1.30 bits per heavy atom. The summed E-state index contributed by atoms with van der Waals surface area (Å²) < 4.78 is 38.9. The van der Waals surface area contributed by atoms with E-state index in [-0.39, 0.29) is 12.6 Å². The number of carbonyl (C=O) groups is 1. The maximum absolute atomic E-state index is 12.6. The van der Waals surface area contributed by atoms with Crippen LogP contribution in [0.5, 0.6) is 0 Å². The molecule has 1 aromatic carbocycles. The largest absolute Gasteiger partial charge is 0.416 e. The smallest absolute Gasteiger partial charge is 0.334 e. The topological polar surface area (TPSA) is 32.3 Å². The molecule has 3 nitrogen and oxygen atoms in total. The molecule has 0 atom stereocenters. The molecule has 0 radical (unpaired) electrons. The molecule has 1 N–H and O–H groups in total. The predicted octanol–water partition coefficient (Wildman–Crippen LogP) is 4.87. The molecule has 1 aromatic heterocycles. The Bertz CT molecular complexity index is 687. The molecular formula is C15H14BrF3N2OS. The molecule has 1 heterocycles. The number of rotatable bonds is 4. The minimum Gasteiger partial charge on any atom is -0.334 e. The van der Waals surface area contributed by atoms with Gasteiger partial charge in [0.2, 0.25) is 0 Å². The van der Waals surface area contributed by atoms with Crippen molar-refractivity contribution in [3.05, 3.63) is 56.2 Å². The van der Waals surface area contributed by atoms with Gasteiger partial charge in [0.1, 0.15) is 0 Å². The first-order valence-corrected chi connectivity index (χ1v) is 8.26. The Labute approximate surface area is 144 Å². The van der Waals surface area contributed by atoms with E-state index in [1.807, 2.05) is 12.1 Å². The summed E-state index contributed by atoms with van der Waals surface area (Å²) in [6, 6.07) is 8.39. The molecule has 0 aliphatic rings. The highest BCUT2D eigenvalue weighted by molar-refractivity contribution is 9.11. The molecule has 0 saturated heterocycles. The van der Waals surface area contributed by atoms with Crippen molar-refractivity contribution in [3.8, 4) is 0 Å². The Morgan fingerprint density at radius 2 is 2.04 bits per heavy atom. The fourth-order valence-electron chi connectivity index (χ4n) is 1.91. The van der Waals surface area contributed by atoms with Gasteiger partial charge in [-0.2, -0.15) is 13.2 Å². The molecule has 0 spiro atoms. The zero-order valence-electron chi connectivity index (χ0n) is 12.2. The molecule has 8 heteroatoms. The Morgan fingerprint density at radius 3 is 2.65 bits per heavy atom. The zero-order chi connectivity index (χ0) is 17.0. The standard InChI is InChI=1S/C15H14BrF3N2OS/c1-21(9-12-5-6-13(16)23-12)14(22)20-8-10-3-2-4-11(7-10)15(17,18)19/h2-7H,8-9H2,1H3,(H,20,22). The van der Waals surface area contributed by atoms with Crippen molar-refractivity contribution < 1.29 is 18.0 Å². The SMILES string of the molecule is CN(Cc1ccc(Br)s1)C(=O)NCc1cccc(C(F)(F)F)c1. The van der Waals surface area contributed by atoms with Crippen molar-refractivity contribution in [3.63, 3.8) is 0 Å². The average molecular weight is 407 g/mol. The summed E-state index contributed by atoms with van der Waals surface area (Å²) in [5.74, 6) is 0. The summed E-state index contributed by atoms with van der Waals surface area (Å²) in [6.45, 7) is 0.478. The van der Waals surface area contributed by atoms with Crippen LogP contribution in [-0.4, -0.2) is 18.0 Å². The monoisotopic (exact) mass is 406 g/mol. The number of thiophene rings is 1. The molecule has 23 heavy (non-hydrogen) atoms. The second kappa shape index (κ2) is 7.35. The first-order chi connectivity index (χ1) is 10.8. The third kappa shape index (κ3) is 5.24. The average Bonchev–Trinajstić information content (AvgIpc) is 2.89.